The average molecular weight is 224 g/mol. The third-order valence-corrected chi connectivity index (χ3v) is 1.88. The van der Waals surface area contributed by atoms with E-state index >= 15 is 0 Å². The predicted molar refractivity (Wildman–Crippen MR) is 57.6 cm³/mol. The van der Waals surface area contributed by atoms with E-state index in [0.717, 1.165) is 0 Å². The smallest absolute Gasteiger partial charge is 0.427 e. The van der Waals surface area contributed by atoms with E-state index in [-0.39, 0.29) is 11.5 Å². The molecule has 6 heteroatoms. The number of hydrogen-bond acceptors (Lipinski definition) is 5. The zero-order chi connectivity index (χ0) is 12.1. The topological polar surface area (TPSA) is 91.2 Å². The highest BCUT2D eigenvalue weighted by Crippen LogP contribution is 2.24. The molecular weight excluding hydrogens is 212 g/mol. The van der Waals surface area contributed by atoms with Crippen LogP contribution in [0.5, 0.6) is 11.5 Å². The first-order valence-electron chi connectivity index (χ1n) is 4.44. The SMILES string of the molecule is COC(=O)N/N=C/c1c(C)cc(O)cc1O. The van der Waals surface area contributed by atoms with Gasteiger partial charge in [0.05, 0.1) is 13.3 Å². The third kappa shape index (κ3) is 2.88. The number of aryl methyl sites for hydroxylation is 1. The molecule has 0 aromatic heterocycles. The first-order chi connectivity index (χ1) is 7.54. The number of carbonyl (C=O) groups excluding carboxylic acids is 1. The summed E-state index contributed by atoms with van der Waals surface area (Å²) >= 11 is 0. The number of benzene rings is 1. The van der Waals surface area contributed by atoms with Gasteiger partial charge < -0.3 is 14.9 Å². The first kappa shape index (κ1) is 11.8. The van der Waals surface area contributed by atoms with Crippen molar-refractivity contribution < 1.29 is 19.7 Å². The minimum absolute atomic E-state index is 0.0342. The summed E-state index contributed by atoms with van der Waals surface area (Å²) in [5.41, 5.74) is 3.13. The average Bonchev–Trinajstić information content (AvgIpc) is 2.21. The number of phenolic OH excluding ortho intramolecular Hbond substituents is 2. The Bertz CT molecular complexity index is 406. The number of nitrogens with one attached hydrogen (secondary N) is 1. The molecule has 0 bridgehead atoms. The van der Waals surface area contributed by atoms with Crippen LogP contribution in [0.1, 0.15) is 11.1 Å². The van der Waals surface area contributed by atoms with E-state index < -0.39 is 6.09 Å². The summed E-state index contributed by atoms with van der Waals surface area (Å²) < 4.78 is 4.30. The summed E-state index contributed by atoms with van der Waals surface area (Å²) in [6.45, 7) is 1.69. The van der Waals surface area contributed by atoms with Gasteiger partial charge in [0.25, 0.3) is 0 Å². The van der Waals surface area contributed by atoms with Crippen LogP contribution in [0.4, 0.5) is 4.79 Å². The molecule has 16 heavy (non-hydrogen) atoms. The van der Waals surface area contributed by atoms with Gasteiger partial charge in [0.15, 0.2) is 0 Å². The maximum atomic E-state index is 10.7. The molecule has 1 rings (SSSR count). The Kier molecular flexibility index (Phi) is 3.71. The molecule has 6 nitrogen and oxygen atoms in total. The number of amides is 1. The molecule has 0 aliphatic carbocycles. The lowest BCUT2D eigenvalue weighted by molar-refractivity contribution is 0.171. The van der Waals surface area contributed by atoms with Crippen LogP contribution >= 0.6 is 0 Å². The summed E-state index contributed by atoms with van der Waals surface area (Å²) in [6, 6.07) is 2.66. The van der Waals surface area contributed by atoms with Crippen LogP contribution < -0.4 is 5.43 Å². The number of carbonyl (C=O) groups is 1. The van der Waals surface area contributed by atoms with Crippen LogP contribution in [0, 0.1) is 6.92 Å². The lowest BCUT2D eigenvalue weighted by Gasteiger charge is -2.04. The van der Waals surface area contributed by atoms with Crippen LogP contribution in [0.25, 0.3) is 0 Å². The van der Waals surface area contributed by atoms with E-state index in [1.807, 2.05) is 0 Å². The van der Waals surface area contributed by atoms with E-state index in [9.17, 15) is 15.0 Å². The molecule has 1 amide bonds. The molecule has 0 saturated carbocycles. The summed E-state index contributed by atoms with van der Waals surface area (Å²) in [6.07, 6.45) is 0.563. The van der Waals surface area contributed by atoms with Crippen molar-refractivity contribution in [2.24, 2.45) is 5.10 Å². The second-order valence-electron chi connectivity index (χ2n) is 3.06. The Morgan fingerprint density at radius 2 is 2.19 bits per heavy atom. The maximum absolute atomic E-state index is 10.7. The van der Waals surface area contributed by atoms with Gasteiger partial charge in [-0.15, -0.1) is 0 Å². The minimum atomic E-state index is -0.702. The fourth-order valence-electron chi connectivity index (χ4n) is 1.12. The van der Waals surface area contributed by atoms with E-state index in [4.69, 9.17) is 0 Å². The molecule has 1 aromatic carbocycles. The zero-order valence-corrected chi connectivity index (χ0v) is 8.89. The molecule has 0 spiro atoms. The van der Waals surface area contributed by atoms with Gasteiger partial charge in [-0.25, -0.2) is 10.2 Å². The number of rotatable bonds is 2. The van der Waals surface area contributed by atoms with E-state index in [1.165, 1.54) is 25.5 Å². The molecule has 0 aliphatic rings. The van der Waals surface area contributed by atoms with Crippen molar-refractivity contribution in [3.05, 3.63) is 23.3 Å². The quantitative estimate of drug-likeness (QED) is 0.518. The molecule has 0 radical (unpaired) electrons. The lowest BCUT2D eigenvalue weighted by Crippen LogP contribution is -2.16. The Morgan fingerprint density at radius 1 is 1.50 bits per heavy atom. The fourth-order valence-corrected chi connectivity index (χ4v) is 1.12. The second kappa shape index (κ2) is 5.01. The van der Waals surface area contributed by atoms with Crippen molar-refractivity contribution in [2.75, 3.05) is 7.11 Å². The molecule has 86 valence electrons. The highest BCUT2D eigenvalue weighted by Gasteiger charge is 2.04. The normalized spacial score (nSPS) is 10.4. The van der Waals surface area contributed by atoms with Crippen molar-refractivity contribution in [1.29, 1.82) is 0 Å². The van der Waals surface area contributed by atoms with E-state index in [0.29, 0.717) is 11.1 Å². The van der Waals surface area contributed by atoms with Gasteiger partial charge in [0.2, 0.25) is 0 Å². The predicted octanol–water partition coefficient (Wildman–Crippen LogP) is 1.10. The number of nitrogens with zero attached hydrogens (tertiary/aromatic N) is 1. The van der Waals surface area contributed by atoms with Gasteiger partial charge in [0, 0.05) is 11.6 Å². The third-order valence-electron chi connectivity index (χ3n) is 1.88. The molecule has 0 fully saturated rings. The summed E-state index contributed by atoms with van der Waals surface area (Å²) in [4.78, 5) is 10.7. The Balaban J connectivity index is 2.85. The largest absolute Gasteiger partial charge is 0.508 e. The fraction of sp³-hybridized carbons (Fsp3) is 0.200. The Hall–Kier alpha value is -2.24. The molecule has 1 aromatic rings. The number of methoxy groups -OCH3 is 1. The number of hydrogen-bond donors (Lipinski definition) is 3. The molecule has 0 heterocycles. The highest BCUT2D eigenvalue weighted by molar-refractivity contribution is 5.86. The van der Waals surface area contributed by atoms with Crippen molar-refractivity contribution in [2.45, 2.75) is 6.92 Å². The van der Waals surface area contributed by atoms with Gasteiger partial charge in [-0.05, 0) is 18.6 Å². The maximum Gasteiger partial charge on any atom is 0.427 e. The minimum Gasteiger partial charge on any atom is -0.508 e. The summed E-state index contributed by atoms with van der Waals surface area (Å²) in [7, 11) is 1.22. The van der Waals surface area contributed by atoms with Gasteiger partial charge in [-0.1, -0.05) is 0 Å². The molecule has 0 saturated heterocycles. The number of ether oxygens (including phenoxy) is 1. The Labute approximate surface area is 92.2 Å². The lowest BCUT2D eigenvalue weighted by atomic mass is 10.1. The van der Waals surface area contributed by atoms with Crippen LogP contribution in [-0.2, 0) is 4.74 Å². The van der Waals surface area contributed by atoms with Gasteiger partial charge in [-0.2, -0.15) is 5.10 Å². The molecule has 0 unspecified atom stereocenters. The molecular formula is C10H12N2O4. The summed E-state index contributed by atoms with van der Waals surface area (Å²) in [5.74, 6) is -0.152. The Morgan fingerprint density at radius 3 is 2.75 bits per heavy atom. The standard InChI is InChI=1S/C10H12N2O4/c1-6-3-7(13)4-9(14)8(6)5-11-12-10(15)16-2/h3-5,13-14H,1-2H3,(H,12,15)/b11-5+. The number of phenols is 2. The van der Waals surface area contributed by atoms with Crippen LogP contribution in [0.2, 0.25) is 0 Å². The van der Waals surface area contributed by atoms with E-state index in [1.54, 1.807) is 6.92 Å². The van der Waals surface area contributed by atoms with Crippen molar-refractivity contribution in [3.8, 4) is 11.5 Å². The van der Waals surface area contributed by atoms with Crippen LogP contribution in [-0.4, -0.2) is 29.6 Å². The second-order valence-corrected chi connectivity index (χ2v) is 3.06. The molecule has 0 aliphatic heterocycles. The molecule has 0 atom stereocenters. The number of aromatic hydroxyl groups is 2. The van der Waals surface area contributed by atoms with E-state index in [2.05, 4.69) is 15.3 Å². The number of hydrazone groups is 1. The monoisotopic (exact) mass is 224 g/mol. The van der Waals surface area contributed by atoms with Crippen molar-refractivity contribution in [1.82, 2.24) is 5.43 Å². The molecule has 3 N–H and O–H groups in total. The highest BCUT2D eigenvalue weighted by atomic mass is 16.5. The van der Waals surface area contributed by atoms with Crippen molar-refractivity contribution in [3.63, 3.8) is 0 Å². The zero-order valence-electron chi connectivity index (χ0n) is 8.89. The summed E-state index contributed by atoms with van der Waals surface area (Å²) in [5, 5.41) is 22.2. The van der Waals surface area contributed by atoms with Gasteiger partial charge >= 0.3 is 6.09 Å². The first-order valence-corrected chi connectivity index (χ1v) is 4.44. The van der Waals surface area contributed by atoms with Crippen LogP contribution in [0.3, 0.4) is 0 Å². The van der Waals surface area contributed by atoms with Crippen LogP contribution in [0.15, 0.2) is 17.2 Å². The van der Waals surface area contributed by atoms with Crippen molar-refractivity contribution >= 4 is 12.3 Å². The van der Waals surface area contributed by atoms with Gasteiger partial charge in [0.1, 0.15) is 11.5 Å². The van der Waals surface area contributed by atoms with Gasteiger partial charge in [-0.3, -0.25) is 0 Å².